The van der Waals surface area contributed by atoms with E-state index in [1.807, 2.05) is 18.2 Å². The molecule has 0 amide bonds. The fourth-order valence-electron chi connectivity index (χ4n) is 2.98. The number of hydrogen-bond donors (Lipinski definition) is 0. The highest BCUT2D eigenvalue weighted by molar-refractivity contribution is 5.69. The lowest BCUT2D eigenvalue weighted by Gasteiger charge is -2.16. The van der Waals surface area contributed by atoms with Gasteiger partial charge in [-0.1, -0.05) is 112 Å². The van der Waals surface area contributed by atoms with Crippen molar-refractivity contribution in [3.63, 3.8) is 0 Å². The van der Waals surface area contributed by atoms with Crippen molar-refractivity contribution in [2.45, 2.75) is 132 Å². The van der Waals surface area contributed by atoms with E-state index in [0.717, 1.165) is 38.5 Å². The summed E-state index contributed by atoms with van der Waals surface area (Å²) in [6, 6.07) is 0. The molecule has 4 heteroatoms. The van der Waals surface area contributed by atoms with Gasteiger partial charge in [-0.05, 0) is 42.9 Å². The third kappa shape index (κ3) is 32.6. The standard InChI is InChI=1S/C17H32O2.C13H24O2/c1-5-6-7-8-9-10-13-16(18)19-15-12-11-14-17(2,3)4;1-5-6-7-11-15-12(14)9-8-10-13(2,3)4/h11-12H,5-10,13-15H2,1-4H3;6-7H,5,8-11H2,1-4H3/b12-11-;7-6-. The molecule has 0 rings (SSSR count). The van der Waals surface area contributed by atoms with Crippen LogP contribution in [0, 0.1) is 10.8 Å². The molecular weight excluding hydrogens is 424 g/mol. The van der Waals surface area contributed by atoms with Crippen molar-refractivity contribution >= 4 is 11.9 Å². The first kappa shape index (κ1) is 34.6. The van der Waals surface area contributed by atoms with Gasteiger partial charge in [0.15, 0.2) is 0 Å². The maximum atomic E-state index is 11.4. The van der Waals surface area contributed by atoms with Crippen molar-refractivity contribution in [1.82, 2.24) is 0 Å². The predicted molar refractivity (Wildman–Crippen MR) is 146 cm³/mol. The summed E-state index contributed by atoms with van der Waals surface area (Å²) in [5.74, 6) is -0.143. The molecule has 0 saturated heterocycles. The first-order valence-corrected chi connectivity index (χ1v) is 13.5. The highest BCUT2D eigenvalue weighted by Gasteiger charge is 2.11. The van der Waals surface area contributed by atoms with Gasteiger partial charge in [0.05, 0.1) is 0 Å². The normalized spacial score (nSPS) is 12.0. The molecule has 0 saturated carbocycles. The summed E-state index contributed by atoms with van der Waals surface area (Å²) < 4.78 is 10.2. The van der Waals surface area contributed by atoms with Crippen LogP contribution < -0.4 is 0 Å². The largest absolute Gasteiger partial charge is 0.461 e. The fourth-order valence-corrected chi connectivity index (χ4v) is 2.98. The van der Waals surface area contributed by atoms with Gasteiger partial charge >= 0.3 is 11.9 Å². The quantitative estimate of drug-likeness (QED) is 0.126. The third-order valence-corrected chi connectivity index (χ3v) is 5.02. The van der Waals surface area contributed by atoms with Gasteiger partial charge in [-0.3, -0.25) is 9.59 Å². The Kier molecular flexibility index (Phi) is 22.3. The molecule has 0 aliphatic heterocycles. The zero-order chi connectivity index (χ0) is 26.3. The SMILES string of the molecule is CC/C=C\COC(=O)CCCC(C)(C)C.CCCCCCCCC(=O)OC/C=C\CC(C)(C)C. The van der Waals surface area contributed by atoms with Gasteiger partial charge < -0.3 is 9.47 Å². The van der Waals surface area contributed by atoms with Crippen LogP contribution in [-0.4, -0.2) is 25.2 Å². The Bertz CT molecular complexity index is 547. The zero-order valence-electron chi connectivity index (χ0n) is 23.8. The van der Waals surface area contributed by atoms with E-state index < -0.39 is 0 Å². The van der Waals surface area contributed by atoms with E-state index in [9.17, 15) is 9.59 Å². The van der Waals surface area contributed by atoms with Gasteiger partial charge in [0.1, 0.15) is 13.2 Å². The maximum Gasteiger partial charge on any atom is 0.306 e. The van der Waals surface area contributed by atoms with Crippen LogP contribution in [-0.2, 0) is 19.1 Å². The smallest absolute Gasteiger partial charge is 0.306 e. The molecule has 0 fully saturated rings. The molecular formula is C30H56O4. The number of esters is 2. The van der Waals surface area contributed by atoms with Gasteiger partial charge in [0, 0.05) is 12.8 Å². The molecule has 0 aliphatic rings. The maximum absolute atomic E-state index is 11.4. The molecule has 0 heterocycles. The van der Waals surface area contributed by atoms with Gasteiger partial charge in [-0.2, -0.15) is 0 Å². The molecule has 0 radical (unpaired) electrons. The molecule has 0 spiro atoms. The molecule has 200 valence electrons. The minimum absolute atomic E-state index is 0.0594. The van der Waals surface area contributed by atoms with Crippen molar-refractivity contribution < 1.29 is 19.1 Å². The number of ether oxygens (including phenoxy) is 2. The average molecular weight is 481 g/mol. The highest BCUT2D eigenvalue weighted by atomic mass is 16.5. The Hall–Kier alpha value is -1.58. The van der Waals surface area contributed by atoms with E-state index in [2.05, 4.69) is 61.5 Å². The Morgan fingerprint density at radius 2 is 1.12 bits per heavy atom. The van der Waals surface area contributed by atoms with Crippen molar-refractivity contribution in [3.05, 3.63) is 24.3 Å². The first-order chi connectivity index (χ1) is 15.9. The van der Waals surface area contributed by atoms with E-state index in [-0.39, 0.29) is 11.9 Å². The summed E-state index contributed by atoms with van der Waals surface area (Å²) in [5, 5.41) is 0. The predicted octanol–water partition coefficient (Wildman–Crippen LogP) is 8.98. The number of hydrogen-bond acceptors (Lipinski definition) is 4. The van der Waals surface area contributed by atoms with Gasteiger partial charge in [-0.25, -0.2) is 0 Å². The monoisotopic (exact) mass is 480 g/mol. The van der Waals surface area contributed by atoms with E-state index in [1.54, 1.807) is 0 Å². The lowest BCUT2D eigenvalue weighted by atomic mass is 9.90. The van der Waals surface area contributed by atoms with E-state index in [0.29, 0.717) is 36.9 Å². The molecule has 0 aromatic rings. The molecule has 0 atom stereocenters. The number of unbranched alkanes of at least 4 members (excludes halogenated alkanes) is 5. The van der Waals surface area contributed by atoms with E-state index >= 15 is 0 Å². The Balaban J connectivity index is 0. The molecule has 0 aromatic heterocycles. The Morgan fingerprint density at radius 3 is 1.62 bits per heavy atom. The second-order valence-corrected chi connectivity index (χ2v) is 11.4. The van der Waals surface area contributed by atoms with E-state index in [1.165, 1.54) is 25.7 Å². The minimum atomic E-state index is -0.0833. The number of carbonyl (C=O) groups excluding carboxylic acids is 2. The molecule has 34 heavy (non-hydrogen) atoms. The Morgan fingerprint density at radius 1 is 0.618 bits per heavy atom. The van der Waals surface area contributed by atoms with Crippen LogP contribution in [0.2, 0.25) is 0 Å². The van der Waals surface area contributed by atoms with Crippen molar-refractivity contribution in [2.24, 2.45) is 10.8 Å². The van der Waals surface area contributed by atoms with Gasteiger partial charge in [0.25, 0.3) is 0 Å². The fraction of sp³-hybridized carbons (Fsp3) is 0.800. The topological polar surface area (TPSA) is 52.6 Å². The summed E-state index contributed by atoms with van der Waals surface area (Å²) in [5.41, 5.74) is 0.612. The zero-order valence-corrected chi connectivity index (χ0v) is 23.8. The molecule has 4 nitrogen and oxygen atoms in total. The summed E-state index contributed by atoms with van der Waals surface area (Å²) in [7, 11) is 0. The summed E-state index contributed by atoms with van der Waals surface area (Å²) in [4.78, 5) is 22.7. The second-order valence-electron chi connectivity index (χ2n) is 11.4. The number of rotatable bonds is 16. The molecule has 0 N–H and O–H groups in total. The van der Waals surface area contributed by atoms with Crippen molar-refractivity contribution in [1.29, 1.82) is 0 Å². The third-order valence-electron chi connectivity index (χ3n) is 5.02. The highest BCUT2D eigenvalue weighted by Crippen LogP contribution is 2.21. The molecule has 0 unspecified atom stereocenters. The number of allylic oxidation sites excluding steroid dienone is 2. The lowest BCUT2D eigenvalue weighted by molar-refractivity contribution is -0.143. The molecule has 0 aromatic carbocycles. The van der Waals surface area contributed by atoms with Crippen LogP contribution in [0.25, 0.3) is 0 Å². The lowest BCUT2D eigenvalue weighted by Crippen LogP contribution is -2.08. The van der Waals surface area contributed by atoms with Crippen LogP contribution in [0.5, 0.6) is 0 Å². The average Bonchev–Trinajstić information content (AvgIpc) is 2.72. The summed E-state index contributed by atoms with van der Waals surface area (Å²) in [6.45, 7) is 18.2. The van der Waals surface area contributed by atoms with Crippen LogP contribution in [0.4, 0.5) is 0 Å². The molecule has 0 bridgehead atoms. The second kappa shape index (κ2) is 21.9. The first-order valence-electron chi connectivity index (χ1n) is 13.5. The van der Waals surface area contributed by atoms with Crippen LogP contribution in [0.1, 0.15) is 132 Å². The minimum Gasteiger partial charge on any atom is -0.461 e. The van der Waals surface area contributed by atoms with Crippen molar-refractivity contribution in [2.75, 3.05) is 13.2 Å². The van der Waals surface area contributed by atoms with E-state index in [4.69, 9.17) is 9.47 Å². The Labute approximate surface area is 211 Å². The van der Waals surface area contributed by atoms with Gasteiger partial charge in [-0.15, -0.1) is 0 Å². The molecule has 0 aliphatic carbocycles. The van der Waals surface area contributed by atoms with Gasteiger partial charge in [0.2, 0.25) is 0 Å². The summed E-state index contributed by atoms with van der Waals surface area (Å²) in [6.07, 6.45) is 20.3. The van der Waals surface area contributed by atoms with Crippen molar-refractivity contribution in [3.8, 4) is 0 Å². The van der Waals surface area contributed by atoms with Crippen LogP contribution >= 0.6 is 0 Å². The number of carbonyl (C=O) groups is 2. The summed E-state index contributed by atoms with van der Waals surface area (Å²) >= 11 is 0. The van der Waals surface area contributed by atoms with Crippen LogP contribution in [0.15, 0.2) is 24.3 Å². The van der Waals surface area contributed by atoms with Crippen LogP contribution in [0.3, 0.4) is 0 Å².